The molecule has 3 N–H and O–H groups in total. The third-order valence-corrected chi connectivity index (χ3v) is 5.60. The number of carbonyl (C=O) groups excluding carboxylic acids is 1. The summed E-state index contributed by atoms with van der Waals surface area (Å²) in [6.45, 7) is 1.86. The molecule has 1 unspecified atom stereocenters. The van der Waals surface area contributed by atoms with E-state index in [1.807, 2.05) is 36.4 Å². The van der Waals surface area contributed by atoms with Crippen LogP contribution in [0.25, 0.3) is 11.0 Å². The normalized spacial score (nSPS) is 15.7. The first-order valence-corrected chi connectivity index (χ1v) is 10.8. The number of benzene rings is 1. The van der Waals surface area contributed by atoms with Gasteiger partial charge in [0.15, 0.2) is 10.8 Å². The van der Waals surface area contributed by atoms with Crippen LogP contribution in [-0.2, 0) is 17.8 Å². The second-order valence-electron chi connectivity index (χ2n) is 7.54. The Balaban J connectivity index is 1.18. The number of rotatable bonds is 8. The molecular weight excluding hydrogens is 402 g/mol. The summed E-state index contributed by atoms with van der Waals surface area (Å²) in [4.78, 5) is 15.2. The van der Waals surface area contributed by atoms with Gasteiger partial charge in [-0.15, -0.1) is 10.2 Å². The Labute approximate surface area is 180 Å². The number of fused-ring (bicyclic) bond motifs is 3. The molecule has 1 aliphatic heterocycles. The predicted octanol–water partition coefficient (Wildman–Crippen LogP) is 4.28. The van der Waals surface area contributed by atoms with Crippen molar-refractivity contribution in [3.8, 4) is 0 Å². The maximum absolute atomic E-state index is 11.8. The number of unbranched alkanes of at least 4 members (excludes halogenated alkanes) is 2. The van der Waals surface area contributed by atoms with Crippen LogP contribution >= 0.6 is 11.6 Å². The van der Waals surface area contributed by atoms with Gasteiger partial charge in [-0.05, 0) is 30.0 Å². The van der Waals surface area contributed by atoms with E-state index in [1.165, 1.54) is 11.3 Å². The number of amides is 1. The summed E-state index contributed by atoms with van der Waals surface area (Å²) in [5, 5.41) is 16.0. The summed E-state index contributed by atoms with van der Waals surface area (Å²) >= 11 is 6.06. The quantitative estimate of drug-likeness (QED) is 0.466. The summed E-state index contributed by atoms with van der Waals surface area (Å²) < 4.78 is 5.23. The third-order valence-electron chi connectivity index (χ3n) is 5.41. The summed E-state index contributed by atoms with van der Waals surface area (Å²) in [7, 11) is 0. The van der Waals surface area contributed by atoms with Gasteiger partial charge in [0, 0.05) is 36.6 Å². The number of nitrogens with zero attached hydrogens (tertiary/aromatic N) is 2. The summed E-state index contributed by atoms with van der Waals surface area (Å²) in [5.74, 6) is 0. The van der Waals surface area contributed by atoms with Crippen molar-refractivity contribution >= 4 is 28.7 Å². The molecule has 0 fully saturated rings. The van der Waals surface area contributed by atoms with Crippen molar-refractivity contribution in [2.75, 3.05) is 13.1 Å². The number of halogens is 1. The van der Waals surface area contributed by atoms with Gasteiger partial charge in [0.05, 0.1) is 0 Å². The standard InChI is InChI=1S/C22H26ClN5O2/c23-19-13-16-20-17(24-12-10-18(20)26-21(16)28-27-19)9-5-2-6-11-25-22(29)30-14-15-7-3-1-4-8-15/h1,3-4,7-8,13,17,24H,2,5-6,9-12,14H2,(H,25,29)(H,26,28). The molecule has 1 aliphatic rings. The topological polar surface area (TPSA) is 91.9 Å². The van der Waals surface area contributed by atoms with Gasteiger partial charge < -0.3 is 20.4 Å². The Bertz CT molecular complexity index is 992. The van der Waals surface area contributed by atoms with Crippen molar-refractivity contribution in [1.82, 2.24) is 25.8 Å². The largest absolute Gasteiger partial charge is 0.445 e. The Morgan fingerprint density at radius 1 is 1.20 bits per heavy atom. The number of aromatic amines is 1. The minimum atomic E-state index is -0.366. The van der Waals surface area contributed by atoms with Crippen LogP contribution in [0.4, 0.5) is 4.79 Å². The molecule has 30 heavy (non-hydrogen) atoms. The van der Waals surface area contributed by atoms with Crippen molar-refractivity contribution in [2.24, 2.45) is 0 Å². The number of hydrogen-bond acceptors (Lipinski definition) is 5. The molecular formula is C22H26ClN5O2. The van der Waals surface area contributed by atoms with Crippen LogP contribution in [-0.4, -0.2) is 34.4 Å². The lowest BCUT2D eigenvalue weighted by Gasteiger charge is -2.24. The molecule has 8 heteroatoms. The molecule has 1 amide bonds. The molecule has 1 aromatic carbocycles. The summed E-state index contributed by atoms with van der Waals surface area (Å²) in [6, 6.07) is 11.8. The molecule has 158 valence electrons. The minimum Gasteiger partial charge on any atom is -0.445 e. The highest BCUT2D eigenvalue weighted by Gasteiger charge is 2.24. The van der Waals surface area contributed by atoms with Crippen LogP contribution in [0.2, 0.25) is 5.15 Å². The van der Waals surface area contributed by atoms with E-state index in [-0.39, 0.29) is 12.1 Å². The lowest BCUT2D eigenvalue weighted by atomic mass is 9.94. The van der Waals surface area contributed by atoms with E-state index in [4.69, 9.17) is 16.3 Å². The fourth-order valence-corrected chi connectivity index (χ4v) is 4.12. The average Bonchev–Trinajstić information content (AvgIpc) is 3.14. The smallest absolute Gasteiger partial charge is 0.407 e. The molecule has 2 aromatic heterocycles. The van der Waals surface area contributed by atoms with E-state index in [0.29, 0.717) is 18.3 Å². The third kappa shape index (κ3) is 5.09. The fraction of sp³-hybridized carbons (Fsp3) is 0.409. The molecule has 0 radical (unpaired) electrons. The predicted molar refractivity (Wildman–Crippen MR) is 116 cm³/mol. The zero-order chi connectivity index (χ0) is 20.8. The van der Waals surface area contributed by atoms with E-state index in [2.05, 4.69) is 25.8 Å². The van der Waals surface area contributed by atoms with Crippen LogP contribution in [0, 0.1) is 0 Å². The molecule has 4 rings (SSSR count). The fourth-order valence-electron chi connectivity index (χ4n) is 3.97. The monoisotopic (exact) mass is 427 g/mol. The van der Waals surface area contributed by atoms with Crippen LogP contribution in [0.3, 0.4) is 0 Å². The molecule has 3 aromatic rings. The lowest BCUT2D eigenvalue weighted by molar-refractivity contribution is 0.139. The van der Waals surface area contributed by atoms with Crippen LogP contribution < -0.4 is 10.6 Å². The van der Waals surface area contributed by atoms with E-state index in [9.17, 15) is 4.79 Å². The van der Waals surface area contributed by atoms with Crippen molar-refractivity contribution in [3.63, 3.8) is 0 Å². The highest BCUT2D eigenvalue weighted by Crippen LogP contribution is 2.33. The van der Waals surface area contributed by atoms with Gasteiger partial charge in [0.25, 0.3) is 0 Å². The number of alkyl carbamates (subject to hydrolysis) is 1. The number of H-pyrrole nitrogens is 1. The highest BCUT2D eigenvalue weighted by molar-refractivity contribution is 6.29. The average molecular weight is 428 g/mol. The highest BCUT2D eigenvalue weighted by atomic mass is 35.5. The first-order valence-electron chi connectivity index (χ1n) is 10.4. The molecule has 3 heterocycles. The maximum Gasteiger partial charge on any atom is 0.407 e. The van der Waals surface area contributed by atoms with Crippen LogP contribution in [0.15, 0.2) is 36.4 Å². The van der Waals surface area contributed by atoms with Gasteiger partial charge in [0.2, 0.25) is 0 Å². The van der Waals surface area contributed by atoms with Crippen molar-refractivity contribution in [3.05, 3.63) is 58.4 Å². The first-order chi connectivity index (χ1) is 14.7. The van der Waals surface area contributed by atoms with E-state index in [0.717, 1.165) is 55.2 Å². The second-order valence-corrected chi connectivity index (χ2v) is 7.93. The van der Waals surface area contributed by atoms with Crippen LogP contribution in [0.1, 0.15) is 48.5 Å². The lowest BCUT2D eigenvalue weighted by Crippen LogP contribution is -2.29. The van der Waals surface area contributed by atoms with Crippen molar-refractivity contribution in [2.45, 2.75) is 44.8 Å². The van der Waals surface area contributed by atoms with Crippen molar-refractivity contribution in [1.29, 1.82) is 0 Å². The summed E-state index contributed by atoms with van der Waals surface area (Å²) in [5.41, 5.74) is 4.29. The Kier molecular flexibility index (Phi) is 6.81. The molecule has 0 saturated carbocycles. The molecule has 0 spiro atoms. The number of aromatic nitrogens is 3. The zero-order valence-electron chi connectivity index (χ0n) is 16.8. The van der Waals surface area contributed by atoms with E-state index < -0.39 is 0 Å². The van der Waals surface area contributed by atoms with Gasteiger partial charge in [0.1, 0.15) is 6.61 Å². The number of carbonyl (C=O) groups is 1. The summed E-state index contributed by atoms with van der Waals surface area (Å²) in [6.07, 6.45) is 4.64. The number of ether oxygens (including phenoxy) is 1. The van der Waals surface area contributed by atoms with Gasteiger partial charge in [-0.25, -0.2) is 4.79 Å². The van der Waals surface area contributed by atoms with Gasteiger partial charge in [-0.1, -0.05) is 54.8 Å². The van der Waals surface area contributed by atoms with Gasteiger partial charge >= 0.3 is 6.09 Å². The second kappa shape index (κ2) is 9.91. The maximum atomic E-state index is 11.8. The molecule has 0 bridgehead atoms. The number of hydrogen-bond donors (Lipinski definition) is 3. The SMILES string of the molecule is O=C(NCCCCCC1NCCc2[nH]c3nnc(Cl)cc3c21)OCc1ccccc1. The van der Waals surface area contributed by atoms with E-state index in [1.54, 1.807) is 0 Å². The van der Waals surface area contributed by atoms with E-state index >= 15 is 0 Å². The molecule has 7 nitrogen and oxygen atoms in total. The molecule has 0 saturated heterocycles. The van der Waals surface area contributed by atoms with Gasteiger partial charge in [-0.3, -0.25) is 0 Å². The van der Waals surface area contributed by atoms with Crippen molar-refractivity contribution < 1.29 is 9.53 Å². The number of nitrogens with one attached hydrogen (secondary N) is 3. The molecule has 0 aliphatic carbocycles. The minimum absolute atomic E-state index is 0.284. The zero-order valence-corrected chi connectivity index (χ0v) is 17.5. The Morgan fingerprint density at radius 2 is 2.07 bits per heavy atom. The Morgan fingerprint density at radius 3 is 2.93 bits per heavy atom. The Hall–Kier alpha value is -2.64. The molecule has 1 atom stereocenters. The first kappa shape index (κ1) is 20.6. The van der Waals surface area contributed by atoms with Gasteiger partial charge in [-0.2, -0.15) is 0 Å². The van der Waals surface area contributed by atoms with Crippen LogP contribution in [0.5, 0.6) is 0 Å².